The Morgan fingerprint density at radius 1 is 1.64 bits per heavy atom. The van der Waals surface area contributed by atoms with E-state index in [1.165, 1.54) is 0 Å². The van der Waals surface area contributed by atoms with Crippen LogP contribution in [0.5, 0.6) is 0 Å². The number of nitrogens with one attached hydrogen (secondary N) is 1. The first-order valence-electron chi connectivity index (χ1n) is 4.74. The third-order valence-electron chi connectivity index (χ3n) is 2.04. The van der Waals surface area contributed by atoms with Crippen molar-refractivity contribution in [1.82, 2.24) is 4.98 Å². The average molecular weight is 211 g/mol. The molecule has 1 heterocycles. The van der Waals surface area contributed by atoms with E-state index in [1.807, 2.05) is 23.9 Å². The second kappa shape index (κ2) is 5.75. The summed E-state index contributed by atoms with van der Waals surface area (Å²) in [6, 6.07) is 4.15. The summed E-state index contributed by atoms with van der Waals surface area (Å²) in [5.41, 5.74) is 6.50. The summed E-state index contributed by atoms with van der Waals surface area (Å²) < 4.78 is 0. The first-order chi connectivity index (χ1) is 6.77. The Labute approximate surface area is 89.5 Å². The van der Waals surface area contributed by atoms with Crippen LogP contribution in [0.3, 0.4) is 0 Å². The number of nitrogens with zero attached hydrogens (tertiary/aromatic N) is 1. The third-order valence-corrected chi connectivity index (χ3v) is 2.78. The molecule has 0 fully saturated rings. The Hall–Kier alpha value is -0.900. The van der Waals surface area contributed by atoms with Crippen molar-refractivity contribution in [2.24, 2.45) is 0 Å². The van der Waals surface area contributed by atoms with Crippen LogP contribution in [0.2, 0.25) is 0 Å². The highest BCUT2D eigenvalue weighted by Gasteiger charge is 2.07. The van der Waals surface area contributed by atoms with Crippen LogP contribution in [0.4, 0.5) is 11.5 Å². The van der Waals surface area contributed by atoms with E-state index in [-0.39, 0.29) is 0 Å². The summed E-state index contributed by atoms with van der Waals surface area (Å²) in [6.45, 7) is 2.16. The zero-order chi connectivity index (χ0) is 10.4. The van der Waals surface area contributed by atoms with Crippen LogP contribution in [-0.2, 0) is 0 Å². The van der Waals surface area contributed by atoms with Crippen molar-refractivity contribution in [3.05, 3.63) is 18.3 Å². The minimum atomic E-state index is 0.446. The lowest BCUT2D eigenvalue weighted by Crippen LogP contribution is -2.22. The van der Waals surface area contributed by atoms with Crippen LogP contribution in [0, 0.1) is 0 Å². The van der Waals surface area contributed by atoms with Gasteiger partial charge in [-0.1, -0.05) is 6.92 Å². The lowest BCUT2D eigenvalue weighted by atomic mass is 10.2. The highest BCUT2D eigenvalue weighted by atomic mass is 32.2. The summed E-state index contributed by atoms with van der Waals surface area (Å²) >= 11 is 1.83. The van der Waals surface area contributed by atoms with Gasteiger partial charge in [0.1, 0.15) is 5.82 Å². The van der Waals surface area contributed by atoms with Crippen molar-refractivity contribution in [2.45, 2.75) is 19.4 Å². The number of hydrogen-bond acceptors (Lipinski definition) is 4. The molecule has 0 aliphatic heterocycles. The Morgan fingerprint density at radius 3 is 3.00 bits per heavy atom. The fourth-order valence-corrected chi connectivity index (χ4v) is 1.92. The van der Waals surface area contributed by atoms with Gasteiger partial charge in [0.25, 0.3) is 0 Å². The molecule has 0 aromatic carbocycles. The van der Waals surface area contributed by atoms with E-state index >= 15 is 0 Å². The van der Waals surface area contributed by atoms with Gasteiger partial charge in [-0.2, -0.15) is 11.8 Å². The Balaban J connectivity index is 2.62. The normalized spacial score (nSPS) is 12.4. The molecule has 1 rings (SSSR count). The zero-order valence-electron chi connectivity index (χ0n) is 8.66. The highest BCUT2D eigenvalue weighted by molar-refractivity contribution is 7.98. The van der Waals surface area contributed by atoms with E-state index in [1.54, 1.807) is 6.20 Å². The van der Waals surface area contributed by atoms with Gasteiger partial charge in [0.2, 0.25) is 0 Å². The van der Waals surface area contributed by atoms with Crippen LogP contribution in [0.25, 0.3) is 0 Å². The van der Waals surface area contributed by atoms with Gasteiger partial charge in [-0.3, -0.25) is 0 Å². The summed E-state index contributed by atoms with van der Waals surface area (Å²) in [6.07, 6.45) is 4.94. The number of anilines is 2. The molecule has 0 amide bonds. The van der Waals surface area contributed by atoms with Gasteiger partial charge in [0.05, 0.1) is 5.69 Å². The van der Waals surface area contributed by atoms with Crippen molar-refractivity contribution in [3.8, 4) is 0 Å². The van der Waals surface area contributed by atoms with Crippen molar-refractivity contribution < 1.29 is 0 Å². The van der Waals surface area contributed by atoms with Crippen molar-refractivity contribution >= 4 is 23.3 Å². The van der Waals surface area contributed by atoms with E-state index in [9.17, 15) is 0 Å². The van der Waals surface area contributed by atoms with Crippen molar-refractivity contribution in [2.75, 3.05) is 23.1 Å². The van der Waals surface area contributed by atoms with Crippen molar-refractivity contribution in [1.29, 1.82) is 0 Å². The van der Waals surface area contributed by atoms with Crippen LogP contribution in [0.1, 0.15) is 13.3 Å². The molecule has 0 aliphatic rings. The van der Waals surface area contributed by atoms with Gasteiger partial charge in [0.15, 0.2) is 0 Å². The Kier molecular flexibility index (Phi) is 4.59. The number of rotatable bonds is 5. The number of thioether (sulfide) groups is 1. The maximum Gasteiger partial charge on any atom is 0.149 e. The van der Waals surface area contributed by atoms with Gasteiger partial charge in [-0.25, -0.2) is 4.98 Å². The van der Waals surface area contributed by atoms with Gasteiger partial charge < -0.3 is 11.1 Å². The molecule has 0 aliphatic carbocycles. The molecule has 78 valence electrons. The quantitative estimate of drug-likeness (QED) is 0.784. The number of aromatic nitrogens is 1. The van der Waals surface area contributed by atoms with Crippen LogP contribution in [0.15, 0.2) is 18.3 Å². The monoisotopic (exact) mass is 211 g/mol. The molecule has 1 atom stereocenters. The minimum absolute atomic E-state index is 0.446. The van der Waals surface area contributed by atoms with Crippen LogP contribution >= 0.6 is 11.8 Å². The summed E-state index contributed by atoms with van der Waals surface area (Å²) in [7, 11) is 0. The first kappa shape index (κ1) is 11.2. The SMILES string of the molecule is CCC(CSC)Nc1ncccc1N. The summed E-state index contributed by atoms with van der Waals surface area (Å²) in [5, 5.41) is 3.34. The summed E-state index contributed by atoms with van der Waals surface area (Å²) in [5.74, 6) is 1.88. The lowest BCUT2D eigenvalue weighted by molar-refractivity contribution is 0.770. The lowest BCUT2D eigenvalue weighted by Gasteiger charge is -2.17. The molecule has 0 spiro atoms. The molecular formula is C10H17N3S. The smallest absolute Gasteiger partial charge is 0.149 e. The maximum absolute atomic E-state index is 5.79. The largest absolute Gasteiger partial charge is 0.396 e. The average Bonchev–Trinajstić information content (AvgIpc) is 2.20. The van der Waals surface area contributed by atoms with E-state index in [0.717, 1.165) is 18.0 Å². The molecular weight excluding hydrogens is 194 g/mol. The molecule has 1 unspecified atom stereocenters. The number of nitrogen functional groups attached to an aromatic ring is 1. The predicted octanol–water partition coefficient (Wildman–Crippen LogP) is 2.22. The first-order valence-corrected chi connectivity index (χ1v) is 6.13. The van der Waals surface area contributed by atoms with Crippen LogP contribution in [-0.4, -0.2) is 23.0 Å². The fourth-order valence-electron chi connectivity index (χ4n) is 1.19. The van der Waals surface area contributed by atoms with E-state index in [0.29, 0.717) is 11.7 Å². The van der Waals surface area contributed by atoms with E-state index in [4.69, 9.17) is 5.73 Å². The Morgan fingerprint density at radius 2 is 2.43 bits per heavy atom. The second-order valence-electron chi connectivity index (χ2n) is 3.15. The number of hydrogen-bond donors (Lipinski definition) is 2. The van der Waals surface area contributed by atoms with Gasteiger partial charge in [0, 0.05) is 18.0 Å². The molecule has 14 heavy (non-hydrogen) atoms. The maximum atomic E-state index is 5.79. The third kappa shape index (κ3) is 3.10. The standard InChI is InChI=1S/C10H17N3S/c1-3-8(7-14-2)13-10-9(11)5-4-6-12-10/h4-6,8H,3,7,11H2,1-2H3,(H,12,13). The van der Waals surface area contributed by atoms with E-state index < -0.39 is 0 Å². The minimum Gasteiger partial charge on any atom is -0.396 e. The molecule has 0 saturated heterocycles. The topological polar surface area (TPSA) is 50.9 Å². The number of pyridine rings is 1. The number of nitrogens with two attached hydrogens (primary N) is 1. The molecule has 0 bridgehead atoms. The molecule has 0 saturated carbocycles. The van der Waals surface area contributed by atoms with Gasteiger partial charge in [-0.05, 0) is 24.8 Å². The Bertz CT molecular complexity index is 278. The van der Waals surface area contributed by atoms with E-state index in [2.05, 4.69) is 23.5 Å². The fraction of sp³-hybridized carbons (Fsp3) is 0.500. The van der Waals surface area contributed by atoms with Gasteiger partial charge in [-0.15, -0.1) is 0 Å². The van der Waals surface area contributed by atoms with Crippen molar-refractivity contribution in [3.63, 3.8) is 0 Å². The van der Waals surface area contributed by atoms with Gasteiger partial charge >= 0.3 is 0 Å². The molecule has 0 radical (unpaired) electrons. The highest BCUT2D eigenvalue weighted by Crippen LogP contribution is 2.16. The molecule has 3 N–H and O–H groups in total. The molecule has 1 aromatic heterocycles. The predicted molar refractivity (Wildman–Crippen MR) is 64.7 cm³/mol. The molecule has 1 aromatic rings. The van der Waals surface area contributed by atoms with Crippen LogP contribution < -0.4 is 11.1 Å². The summed E-state index contributed by atoms with van der Waals surface area (Å²) in [4.78, 5) is 4.20. The molecule has 3 nitrogen and oxygen atoms in total. The molecule has 4 heteroatoms. The zero-order valence-corrected chi connectivity index (χ0v) is 9.47. The second-order valence-corrected chi connectivity index (χ2v) is 4.06.